The standard InChI is InChI=1S/C17H19ClO4/c1-16(2,3)11-6-7-13(18)10(8-11)9-12-14(19)21-17(4,5)22-15(12)20/h6-9H,1-5H3. The Kier molecular flexibility index (Phi) is 4.09. The third-order valence-electron chi connectivity index (χ3n) is 3.28. The summed E-state index contributed by atoms with van der Waals surface area (Å²) in [5.41, 5.74) is 1.39. The summed E-state index contributed by atoms with van der Waals surface area (Å²) in [6.45, 7) is 9.22. The molecule has 0 aliphatic carbocycles. The summed E-state index contributed by atoms with van der Waals surface area (Å²) in [6.07, 6.45) is 1.41. The molecule has 0 spiro atoms. The van der Waals surface area contributed by atoms with Crippen LogP contribution >= 0.6 is 11.6 Å². The fourth-order valence-corrected chi connectivity index (χ4v) is 2.23. The van der Waals surface area contributed by atoms with Crippen LogP contribution in [0.25, 0.3) is 6.08 Å². The van der Waals surface area contributed by atoms with Crippen LogP contribution in [-0.4, -0.2) is 17.7 Å². The Morgan fingerprint density at radius 1 is 1.09 bits per heavy atom. The van der Waals surface area contributed by atoms with E-state index in [1.54, 1.807) is 6.07 Å². The van der Waals surface area contributed by atoms with Crippen LogP contribution in [0.2, 0.25) is 5.02 Å². The molecule has 1 aromatic rings. The molecule has 1 aliphatic heterocycles. The van der Waals surface area contributed by atoms with Crippen LogP contribution in [-0.2, 0) is 24.5 Å². The predicted octanol–water partition coefficient (Wildman–Crippen LogP) is 3.86. The van der Waals surface area contributed by atoms with E-state index < -0.39 is 17.7 Å². The second-order valence-corrected chi connectivity index (χ2v) is 7.13. The fourth-order valence-electron chi connectivity index (χ4n) is 2.05. The van der Waals surface area contributed by atoms with Crippen LogP contribution in [0.15, 0.2) is 23.8 Å². The third kappa shape index (κ3) is 3.50. The molecule has 0 aromatic heterocycles. The van der Waals surface area contributed by atoms with Gasteiger partial charge in [0.15, 0.2) is 0 Å². The molecule has 1 heterocycles. The lowest BCUT2D eigenvalue weighted by Crippen LogP contribution is -2.41. The summed E-state index contributed by atoms with van der Waals surface area (Å²) in [6, 6.07) is 5.53. The summed E-state index contributed by atoms with van der Waals surface area (Å²) in [5, 5.41) is 0.450. The number of carbonyl (C=O) groups is 2. The van der Waals surface area contributed by atoms with Crippen molar-refractivity contribution >= 4 is 29.6 Å². The lowest BCUT2D eigenvalue weighted by Gasteiger charge is -2.29. The van der Waals surface area contributed by atoms with Gasteiger partial charge in [-0.1, -0.05) is 38.4 Å². The highest BCUT2D eigenvalue weighted by atomic mass is 35.5. The molecule has 1 fully saturated rings. The maximum Gasteiger partial charge on any atom is 0.348 e. The van der Waals surface area contributed by atoms with E-state index in [0.29, 0.717) is 10.6 Å². The molecule has 0 bridgehead atoms. The van der Waals surface area contributed by atoms with Crippen LogP contribution in [0.3, 0.4) is 0 Å². The Bertz CT molecular complexity index is 644. The Labute approximate surface area is 135 Å². The van der Waals surface area contributed by atoms with E-state index in [4.69, 9.17) is 21.1 Å². The minimum absolute atomic E-state index is 0.0760. The number of rotatable bonds is 1. The second-order valence-electron chi connectivity index (χ2n) is 6.72. The van der Waals surface area contributed by atoms with E-state index in [1.807, 2.05) is 12.1 Å². The van der Waals surface area contributed by atoms with Crippen molar-refractivity contribution in [2.45, 2.75) is 45.8 Å². The minimum Gasteiger partial charge on any atom is -0.419 e. The number of hydrogen-bond donors (Lipinski definition) is 0. The lowest BCUT2D eigenvalue weighted by molar-refractivity contribution is -0.222. The highest BCUT2D eigenvalue weighted by molar-refractivity contribution is 6.32. The minimum atomic E-state index is -1.25. The molecule has 1 aromatic carbocycles. The van der Waals surface area contributed by atoms with Crippen molar-refractivity contribution < 1.29 is 19.1 Å². The van der Waals surface area contributed by atoms with E-state index in [9.17, 15) is 9.59 Å². The molecule has 2 rings (SSSR count). The molecule has 5 heteroatoms. The molecule has 0 atom stereocenters. The van der Waals surface area contributed by atoms with Gasteiger partial charge in [-0.2, -0.15) is 0 Å². The second kappa shape index (κ2) is 5.43. The number of ether oxygens (including phenoxy) is 2. The summed E-state index contributed by atoms with van der Waals surface area (Å²) in [4.78, 5) is 24.0. The van der Waals surface area contributed by atoms with E-state index in [1.165, 1.54) is 19.9 Å². The highest BCUT2D eigenvalue weighted by Gasteiger charge is 2.38. The molecular weight excluding hydrogens is 304 g/mol. The lowest BCUT2D eigenvalue weighted by atomic mass is 9.86. The van der Waals surface area contributed by atoms with Crippen molar-refractivity contribution in [2.24, 2.45) is 0 Å². The van der Waals surface area contributed by atoms with Crippen LogP contribution in [0, 0.1) is 0 Å². The summed E-state index contributed by atoms with van der Waals surface area (Å²) >= 11 is 6.17. The van der Waals surface area contributed by atoms with Gasteiger partial charge in [-0.05, 0) is 34.8 Å². The van der Waals surface area contributed by atoms with Gasteiger partial charge in [0.1, 0.15) is 5.57 Å². The van der Waals surface area contributed by atoms with E-state index >= 15 is 0 Å². The van der Waals surface area contributed by atoms with E-state index in [-0.39, 0.29) is 11.0 Å². The number of benzene rings is 1. The first-order valence-corrected chi connectivity index (χ1v) is 7.36. The van der Waals surface area contributed by atoms with Gasteiger partial charge in [0.25, 0.3) is 5.79 Å². The van der Waals surface area contributed by atoms with Crippen LogP contribution in [0.1, 0.15) is 45.7 Å². The molecule has 0 radical (unpaired) electrons. The molecule has 4 nitrogen and oxygen atoms in total. The van der Waals surface area contributed by atoms with Crippen molar-refractivity contribution in [3.8, 4) is 0 Å². The zero-order chi connectivity index (χ0) is 16.7. The number of cyclic esters (lactones) is 2. The van der Waals surface area contributed by atoms with Crippen molar-refractivity contribution in [1.82, 2.24) is 0 Å². The van der Waals surface area contributed by atoms with Crippen LogP contribution in [0.5, 0.6) is 0 Å². The fraction of sp³-hybridized carbons (Fsp3) is 0.412. The predicted molar refractivity (Wildman–Crippen MR) is 84.4 cm³/mol. The van der Waals surface area contributed by atoms with Gasteiger partial charge >= 0.3 is 11.9 Å². The maximum absolute atomic E-state index is 12.0. The quantitative estimate of drug-likeness (QED) is 0.447. The van der Waals surface area contributed by atoms with Crippen molar-refractivity contribution in [1.29, 1.82) is 0 Å². The molecule has 1 saturated heterocycles. The van der Waals surface area contributed by atoms with Gasteiger partial charge < -0.3 is 9.47 Å². The number of halogens is 1. The van der Waals surface area contributed by atoms with Gasteiger partial charge in [0, 0.05) is 18.9 Å². The Balaban J connectivity index is 2.45. The molecular formula is C17H19ClO4. The molecule has 0 saturated carbocycles. The summed E-state index contributed by atoms with van der Waals surface area (Å²) < 4.78 is 10.1. The van der Waals surface area contributed by atoms with Gasteiger partial charge in [-0.3, -0.25) is 0 Å². The number of hydrogen-bond acceptors (Lipinski definition) is 4. The normalized spacial score (nSPS) is 17.8. The van der Waals surface area contributed by atoms with Crippen molar-refractivity contribution in [3.05, 3.63) is 39.9 Å². The van der Waals surface area contributed by atoms with Gasteiger partial charge in [-0.25, -0.2) is 9.59 Å². The van der Waals surface area contributed by atoms with Gasteiger partial charge in [0.2, 0.25) is 0 Å². The molecule has 1 aliphatic rings. The SMILES string of the molecule is CC1(C)OC(=O)C(=Cc2cc(C(C)(C)C)ccc2Cl)C(=O)O1. The van der Waals surface area contributed by atoms with Gasteiger partial charge in [0.05, 0.1) is 0 Å². The molecule has 0 unspecified atom stereocenters. The van der Waals surface area contributed by atoms with Crippen LogP contribution < -0.4 is 0 Å². The first-order valence-electron chi connectivity index (χ1n) is 6.98. The Hall–Kier alpha value is -1.81. The van der Waals surface area contributed by atoms with Crippen molar-refractivity contribution in [2.75, 3.05) is 0 Å². The first kappa shape index (κ1) is 16.6. The maximum atomic E-state index is 12.0. The highest BCUT2D eigenvalue weighted by Crippen LogP contribution is 2.30. The zero-order valence-electron chi connectivity index (χ0n) is 13.3. The summed E-state index contributed by atoms with van der Waals surface area (Å²) in [7, 11) is 0. The van der Waals surface area contributed by atoms with E-state index in [2.05, 4.69) is 20.8 Å². The average Bonchev–Trinajstić information content (AvgIpc) is 2.33. The van der Waals surface area contributed by atoms with Gasteiger partial charge in [-0.15, -0.1) is 0 Å². The number of carbonyl (C=O) groups excluding carboxylic acids is 2. The molecule has 118 valence electrons. The molecule has 22 heavy (non-hydrogen) atoms. The largest absolute Gasteiger partial charge is 0.419 e. The van der Waals surface area contributed by atoms with E-state index in [0.717, 1.165) is 5.56 Å². The number of esters is 2. The zero-order valence-corrected chi connectivity index (χ0v) is 14.1. The average molecular weight is 323 g/mol. The Morgan fingerprint density at radius 2 is 1.64 bits per heavy atom. The smallest absolute Gasteiger partial charge is 0.348 e. The molecule has 0 N–H and O–H groups in total. The first-order chi connectivity index (χ1) is 9.99. The summed E-state index contributed by atoms with van der Waals surface area (Å²) in [5.74, 6) is -2.67. The Morgan fingerprint density at radius 3 is 2.14 bits per heavy atom. The monoisotopic (exact) mass is 322 g/mol. The van der Waals surface area contributed by atoms with Crippen molar-refractivity contribution in [3.63, 3.8) is 0 Å². The topological polar surface area (TPSA) is 52.6 Å². The third-order valence-corrected chi connectivity index (χ3v) is 3.62. The van der Waals surface area contributed by atoms with Crippen LogP contribution in [0.4, 0.5) is 0 Å². The molecule has 0 amide bonds.